The van der Waals surface area contributed by atoms with E-state index in [2.05, 4.69) is 10.3 Å². The zero-order valence-corrected chi connectivity index (χ0v) is 16.6. The highest BCUT2D eigenvalue weighted by Crippen LogP contribution is 2.18. The third kappa shape index (κ3) is 4.20. The lowest BCUT2D eigenvalue weighted by atomic mass is 10.2. The van der Waals surface area contributed by atoms with Gasteiger partial charge in [-0.3, -0.25) is 14.2 Å². The predicted octanol–water partition coefficient (Wildman–Crippen LogP) is 5.02. The number of aryl methyl sites for hydroxylation is 1. The van der Waals surface area contributed by atoms with Crippen molar-refractivity contribution in [2.24, 2.45) is 4.99 Å². The summed E-state index contributed by atoms with van der Waals surface area (Å²) in [6.45, 7) is 2.49. The first-order valence-electron chi connectivity index (χ1n) is 9.21. The highest BCUT2D eigenvalue weighted by molar-refractivity contribution is 6.30. The van der Waals surface area contributed by atoms with E-state index in [-0.39, 0.29) is 5.56 Å². The lowest BCUT2D eigenvalue weighted by Gasteiger charge is -2.12. The number of fused-ring (bicyclic) bond motifs is 1. The quantitative estimate of drug-likeness (QED) is 0.477. The Morgan fingerprint density at radius 3 is 2.59 bits per heavy atom. The summed E-state index contributed by atoms with van der Waals surface area (Å²) in [5.41, 5.74) is 3.58. The fraction of sp³-hybridized carbons (Fsp3) is 0.0870. The molecular formula is C23H19ClN4O. The molecular weight excluding hydrogens is 384 g/mol. The summed E-state index contributed by atoms with van der Waals surface area (Å²) < 4.78 is 1.55. The molecule has 144 valence electrons. The standard InChI is InChI=1S/C23H19ClN4O/c1-16-6-5-13-28-22(16)27-21(26-14-17-7-3-2-4-8-17)20(23(28)29)15-25-19-11-9-18(24)10-12-19/h2-13,15,26H,14H2,1H3. The molecule has 5 nitrogen and oxygen atoms in total. The number of nitrogens with zero attached hydrogens (tertiary/aromatic N) is 3. The number of benzene rings is 2. The van der Waals surface area contributed by atoms with Gasteiger partial charge >= 0.3 is 0 Å². The zero-order chi connectivity index (χ0) is 20.2. The molecule has 0 aliphatic carbocycles. The van der Waals surface area contributed by atoms with Crippen LogP contribution in [0, 0.1) is 6.92 Å². The molecule has 0 spiro atoms. The number of nitrogens with one attached hydrogen (secondary N) is 1. The van der Waals surface area contributed by atoms with Crippen LogP contribution in [0.3, 0.4) is 0 Å². The van der Waals surface area contributed by atoms with Crippen LogP contribution in [0.25, 0.3) is 5.65 Å². The van der Waals surface area contributed by atoms with Gasteiger partial charge in [-0.25, -0.2) is 4.98 Å². The molecule has 0 radical (unpaired) electrons. The number of hydrogen-bond acceptors (Lipinski definition) is 4. The maximum Gasteiger partial charge on any atom is 0.268 e. The van der Waals surface area contributed by atoms with Crippen molar-refractivity contribution in [3.8, 4) is 0 Å². The first-order valence-corrected chi connectivity index (χ1v) is 9.59. The lowest BCUT2D eigenvalue weighted by Crippen LogP contribution is -2.23. The van der Waals surface area contributed by atoms with Gasteiger partial charge in [0.1, 0.15) is 17.0 Å². The molecule has 0 atom stereocenters. The van der Waals surface area contributed by atoms with Crippen LogP contribution >= 0.6 is 11.6 Å². The molecule has 0 amide bonds. The number of pyridine rings is 1. The third-order valence-corrected chi connectivity index (χ3v) is 4.81. The van der Waals surface area contributed by atoms with E-state index in [4.69, 9.17) is 16.6 Å². The van der Waals surface area contributed by atoms with Crippen molar-refractivity contribution in [3.05, 3.63) is 105 Å². The van der Waals surface area contributed by atoms with Crippen molar-refractivity contribution < 1.29 is 0 Å². The van der Waals surface area contributed by atoms with Gasteiger partial charge in [0.15, 0.2) is 0 Å². The number of rotatable bonds is 5. The van der Waals surface area contributed by atoms with Gasteiger partial charge in [0.2, 0.25) is 0 Å². The lowest BCUT2D eigenvalue weighted by molar-refractivity contribution is 1.01. The normalized spacial score (nSPS) is 11.2. The highest BCUT2D eigenvalue weighted by Gasteiger charge is 2.12. The van der Waals surface area contributed by atoms with Gasteiger partial charge in [-0.05, 0) is 48.4 Å². The molecule has 4 aromatic rings. The van der Waals surface area contributed by atoms with Crippen LogP contribution in [0.1, 0.15) is 16.7 Å². The van der Waals surface area contributed by atoms with E-state index in [9.17, 15) is 4.79 Å². The minimum atomic E-state index is -0.174. The van der Waals surface area contributed by atoms with Crippen LogP contribution < -0.4 is 10.9 Å². The Labute approximate surface area is 173 Å². The molecule has 2 heterocycles. The SMILES string of the molecule is Cc1cccn2c(=O)c(C=Nc3ccc(Cl)cc3)c(NCc3ccccc3)nc12. The number of hydrogen-bond donors (Lipinski definition) is 1. The van der Waals surface area contributed by atoms with Gasteiger partial charge in [-0.15, -0.1) is 0 Å². The topological polar surface area (TPSA) is 58.8 Å². The molecule has 29 heavy (non-hydrogen) atoms. The summed E-state index contributed by atoms with van der Waals surface area (Å²) in [6, 6.07) is 20.9. The van der Waals surface area contributed by atoms with Crippen LogP contribution in [0.4, 0.5) is 11.5 Å². The van der Waals surface area contributed by atoms with Crippen molar-refractivity contribution in [2.75, 3.05) is 5.32 Å². The summed E-state index contributed by atoms with van der Waals surface area (Å²) >= 11 is 5.93. The number of aliphatic imine (C=N–C) groups is 1. The molecule has 2 aromatic heterocycles. The monoisotopic (exact) mass is 402 g/mol. The van der Waals surface area contributed by atoms with Crippen molar-refractivity contribution in [1.29, 1.82) is 0 Å². The van der Waals surface area contributed by atoms with Crippen LogP contribution in [-0.2, 0) is 6.54 Å². The minimum Gasteiger partial charge on any atom is -0.365 e. The molecule has 0 aliphatic heterocycles. The summed E-state index contributed by atoms with van der Waals surface area (Å²) in [5, 5.41) is 3.93. The van der Waals surface area contributed by atoms with Crippen molar-refractivity contribution in [2.45, 2.75) is 13.5 Å². The molecule has 0 fully saturated rings. The highest BCUT2D eigenvalue weighted by atomic mass is 35.5. The number of anilines is 1. The summed E-state index contributed by atoms with van der Waals surface area (Å²) in [4.78, 5) is 22.3. The molecule has 0 bridgehead atoms. The van der Waals surface area contributed by atoms with E-state index in [0.717, 1.165) is 11.1 Å². The van der Waals surface area contributed by atoms with Crippen LogP contribution in [0.15, 0.2) is 82.7 Å². The predicted molar refractivity (Wildman–Crippen MR) is 119 cm³/mol. The van der Waals surface area contributed by atoms with Gasteiger partial charge in [-0.2, -0.15) is 0 Å². The molecule has 0 saturated heterocycles. The molecule has 1 N–H and O–H groups in total. The Kier molecular flexibility index (Phi) is 5.40. The first-order chi connectivity index (χ1) is 14.1. The molecule has 0 saturated carbocycles. The summed E-state index contributed by atoms with van der Waals surface area (Å²) in [5.74, 6) is 0.505. The minimum absolute atomic E-state index is 0.174. The van der Waals surface area contributed by atoms with E-state index in [0.29, 0.717) is 34.3 Å². The van der Waals surface area contributed by atoms with E-state index in [1.165, 1.54) is 0 Å². The zero-order valence-electron chi connectivity index (χ0n) is 15.8. The molecule has 0 unspecified atom stereocenters. The van der Waals surface area contributed by atoms with E-state index in [1.54, 1.807) is 41.1 Å². The maximum atomic E-state index is 13.2. The number of halogens is 1. The Balaban J connectivity index is 1.78. The Morgan fingerprint density at radius 2 is 1.83 bits per heavy atom. The first kappa shape index (κ1) is 18.9. The van der Waals surface area contributed by atoms with E-state index < -0.39 is 0 Å². The Hall–Kier alpha value is -3.44. The van der Waals surface area contributed by atoms with Crippen LogP contribution in [0.2, 0.25) is 5.02 Å². The van der Waals surface area contributed by atoms with E-state index in [1.807, 2.05) is 49.4 Å². The smallest absolute Gasteiger partial charge is 0.268 e. The maximum absolute atomic E-state index is 13.2. The molecule has 2 aromatic carbocycles. The molecule has 4 rings (SSSR count). The summed E-state index contributed by atoms with van der Waals surface area (Å²) in [7, 11) is 0. The fourth-order valence-corrected chi connectivity index (χ4v) is 3.14. The summed E-state index contributed by atoms with van der Waals surface area (Å²) in [6.07, 6.45) is 3.28. The van der Waals surface area contributed by atoms with Gasteiger partial charge < -0.3 is 5.32 Å². The average Bonchev–Trinajstić information content (AvgIpc) is 2.74. The molecule has 6 heteroatoms. The molecule has 0 aliphatic rings. The van der Waals surface area contributed by atoms with Gasteiger partial charge in [0, 0.05) is 24.0 Å². The van der Waals surface area contributed by atoms with Crippen molar-refractivity contribution in [3.63, 3.8) is 0 Å². The van der Waals surface area contributed by atoms with Crippen LogP contribution in [0.5, 0.6) is 0 Å². The second kappa shape index (κ2) is 8.29. The van der Waals surface area contributed by atoms with Crippen molar-refractivity contribution in [1.82, 2.24) is 9.38 Å². The third-order valence-electron chi connectivity index (χ3n) is 4.56. The van der Waals surface area contributed by atoms with Crippen LogP contribution in [-0.4, -0.2) is 15.6 Å². The Morgan fingerprint density at radius 1 is 1.07 bits per heavy atom. The van der Waals surface area contributed by atoms with Gasteiger partial charge in [0.05, 0.1) is 5.69 Å². The largest absolute Gasteiger partial charge is 0.365 e. The second-order valence-electron chi connectivity index (χ2n) is 6.64. The average molecular weight is 403 g/mol. The fourth-order valence-electron chi connectivity index (χ4n) is 3.01. The number of aromatic nitrogens is 2. The van der Waals surface area contributed by atoms with Crippen molar-refractivity contribution >= 4 is 35.0 Å². The van der Waals surface area contributed by atoms with Gasteiger partial charge in [-0.1, -0.05) is 48.0 Å². The second-order valence-corrected chi connectivity index (χ2v) is 7.07. The Bertz CT molecular complexity index is 1230. The van der Waals surface area contributed by atoms with E-state index >= 15 is 0 Å². The van der Waals surface area contributed by atoms with Gasteiger partial charge in [0.25, 0.3) is 5.56 Å².